The Kier molecular flexibility index (Phi) is 3.76. The second kappa shape index (κ2) is 5.14. The van der Waals surface area contributed by atoms with E-state index in [-0.39, 0.29) is 17.0 Å². The fourth-order valence-electron chi connectivity index (χ4n) is 2.08. The first kappa shape index (κ1) is 13.1. The van der Waals surface area contributed by atoms with E-state index in [0.717, 1.165) is 0 Å². The van der Waals surface area contributed by atoms with Gasteiger partial charge in [-0.25, -0.2) is 4.98 Å². The van der Waals surface area contributed by atoms with E-state index in [1.807, 2.05) is 0 Å². The summed E-state index contributed by atoms with van der Waals surface area (Å²) in [6.07, 6.45) is 3.59. The standard InChI is InChI=1S/C13H18ClN3O/c1-13(6-3-7-13)8-16-12(18)11-9(14)4-5-10(15-2)17-11/h4-5H,3,6-8H2,1-2H3,(H,15,17)(H,16,18). The molecule has 0 unspecified atom stereocenters. The fraction of sp³-hybridized carbons (Fsp3) is 0.538. The normalized spacial score (nSPS) is 16.8. The molecular formula is C13H18ClN3O. The van der Waals surface area contributed by atoms with Crippen molar-refractivity contribution in [3.8, 4) is 0 Å². The molecule has 0 spiro atoms. The third kappa shape index (κ3) is 2.75. The molecule has 1 heterocycles. The van der Waals surface area contributed by atoms with Gasteiger partial charge in [0.15, 0.2) is 0 Å². The van der Waals surface area contributed by atoms with Crippen LogP contribution in [-0.4, -0.2) is 24.5 Å². The summed E-state index contributed by atoms with van der Waals surface area (Å²) in [5.41, 5.74) is 0.536. The number of nitrogens with zero attached hydrogens (tertiary/aromatic N) is 1. The van der Waals surface area contributed by atoms with Gasteiger partial charge < -0.3 is 10.6 Å². The fourth-order valence-corrected chi connectivity index (χ4v) is 2.27. The molecule has 0 saturated heterocycles. The average molecular weight is 268 g/mol. The zero-order chi connectivity index (χ0) is 13.2. The lowest BCUT2D eigenvalue weighted by molar-refractivity contribution is 0.0886. The minimum absolute atomic E-state index is 0.203. The van der Waals surface area contributed by atoms with Crippen molar-refractivity contribution in [2.24, 2.45) is 5.41 Å². The highest BCUT2D eigenvalue weighted by molar-refractivity contribution is 6.33. The average Bonchev–Trinajstić information content (AvgIpc) is 2.34. The number of amides is 1. The lowest BCUT2D eigenvalue weighted by atomic mass is 9.70. The van der Waals surface area contributed by atoms with E-state index in [0.29, 0.717) is 17.4 Å². The van der Waals surface area contributed by atoms with E-state index >= 15 is 0 Å². The molecule has 5 heteroatoms. The maximum Gasteiger partial charge on any atom is 0.271 e. The number of carbonyl (C=O) groups excluding carboxylic acids is 1. The van der Waals surface area contributed by atoms with Crippen molar-refractivity contribution >= 4 is 23.3 Å². The molecule has 1 aromatic rings. The summed E-state index contributed by atoms with van der Waals surface area (Å²) < 4.78 is 0. The third-order valence-electron chi connectivity index (χ3n) is 3.55. The minimum Gasteiger partial charge on any atom is -0.373 e. The second-order valence-electron chi connectivity index (χ2n) is 5.12. The van der Waals surface area contributed by atoms with Gasteiger partial charge in [-0.15, -0.1) is 0 Å². The molecule has 1 amide bonds. The van der Waals surface area contributed by atoms with E-state index in [1.54, 1.807) is 19.2 Å². The van der Waals surface area contributed by atoms with Crippen molar-refractivity contribution in [2.45, 2.75) is 26.2 Å². The van der Waals surface area contributed by atoms with Gasteiger partial charge in [0.25, 0.3) is 5.91 Å². The first-order valence-corrected chi connectivity index (χ1v) is 6.54. The third-order valence-corrected chi connectivity index (χ3v) is 3.86. The summed E-state index contributed by atoms with van der Waals surface area (Å²) in [5, 5.41) is 6.19. The molecule has 1 fully saturated rings. The number of halogens is 1. The van der Waals surface area contributed by atoms with Crippen molar-refractivity contribution in [1.29, 1.82) is 0 Å². The summed E-state index contributed by atoms with van der Waals surface area (Å²) in [4.78, 5) is 16.2. The van der Waals surface area contributed by atoms with Crippen LogP contribution in [0.5, 0.6) is 0 Å². The highest BCUT2D eigenvalue weighted by Gasteiger charge is 2.32. The van der Waals surface area contributed by atoms with Gasteiger partial charge in [0.2, 0.25) is 0 Å². The molecule has 98 valence electrons. The number of nitrogens with one attached hydrogen (secondary N) is 2. The Morgan fingerprint density at radius 1 is 1.50 bits per heavy atom. The van der Waals surface area contributed by atoms with E-state index in [1.165, 1.54) is 19.3 Å². The number of pyridine rings is 1. The van der Waals surface area contributed by atoms with Crippen LogP contribution in [-0.2, 0) is 0 Å². The summed E-state index contributed by atoms with van der Waals surface area (Å²) >= 11 is 5.99. The van der Waals surface area contributed by atoms with Crippen LogP contribution in [0.3, 0.4) is 0 Å². The molecule has 1 aliphatic rings. The van der Waals surface area contributed by atoms with Gasteiger partial charge in [-0.05, 0) is 30.4 Å². The molecule has 18 heavy (non-hydrogen) atoms. The van der Waals surface area contributed by atoms with Crippen molar-refractivity contribution in [1.82, 2.24) is 10.3 Å². The van der Waals surface area contributed by atoms with E-state index in [9.17, 15) is 4.79 Å². The van der Waals surface area contributed by atoms with Gasteiger partial charge in [0.05, 0.1) is 5.02 Å². The summed E-state index contributed by atoms with van der Waals surface area (Å²) in [6, 6.07) is 3.42. The highest BCUT2D eigenvalue weighted by atomic mass is 35.5. The zero-order valence-corrected chi connectivity index (χ0v) is 11.5. The van der Waals surface area contributed by atoms with Crippen LogP contribution in [0.15, 0.2) is 12.1 Å². The van der Waals surface area contributed by atoms with Gasteiger partial charge in [0, 0.05) is 13.6 Å². The molecule has 2 rings (SSSR count). The number of carbonyl (C=O) groups is 1. The molecule has 0 aromatic carbocycles. The van der Waals surface area contributed by atoms with Crippen LogP contribution in [0.4, 0.5) is 5.82 Å². The maximum absolute atomic E-state index is 12.0. The summed E-state index contributed by atoms with van der Waals surface area (Å²) in [7, 11) is 1.76. The molecule has 1 aromatic heterocycles. The Morgan fingerprint density at radius 2 is 2.22 bits per heavy atom. The van der Waals surface area contributed by atoms with Crippen LogP contribution in [0.25, 0.3) is 0 Å². The Morgan fingerprint density at radius 3 is 2.78 bits per heavy atom. The SMILES string of the molecule is CNc1ccc(Cl)c(C(=O)NCC2(C)CCC2)n1. The Hall–Kier alpha value is -1.29. The van der Waals surface area contributed by atoms with E-state index < -0.39 is 0 Å². The predicted molar refractivity (Wildman–Crippen MR) is 73.1 cm³/mol. The minimum atomic E-state index is -0.203. The summed E-state index contributed by atoms with van der Waals surface area (Å²) in [5.74, 6) is 0.435. The number of hydrogen-bond acceptors (Lipinski definition) is 3. The number of anilines is 1. The van der Waals surface area contributed by atoms with Crippen LogP contribution in [0.1, 0.15) is 36.7 Å². The summed E-state index contributed by atoms with van der Waals surface area (Å²) in [6.45, 7) is 2.88. The molecule has 1 saturated carbocycles. The number of aromatic nitrogens is 1. The number of hydrogen-bond donors (Lipinski definition) is 2. The van der Waals surface area contributed by atoms with Crippen molar-refractivity contribution < 1.29 is 4.79 Å². The topological polar surface area (TPSA) is 54.0 Å². The molecule has 0 aliphatic heterocycles. The predicted octanol–water partition coefficient (Wildman–Crippen LogP) is 2.70. The van der Waals surface area contributed by atoms with Crippen LogP contribution in [0.2, 0.25) is 5.02 Å². The van der Waals surface area contributed by atoms with Gasteiger partial charge in [-0.3, -0.25) is 4.79 Å². The van der Waals surface area contributed by atoms with Gasteiger partial charge in [-0.2, -0.15) is 0 Å². The van der Waals surface area contributed by atoms with Gasteiger partial charge in [0.1, 0.15) is 11.5 Å². The zero-order valence-electron chi connectivity index (χ0n) is 10.7. The lowest BCUT2D eigenvalue weighted by Crippen LogP contribution is -2.40. The quantitative estimate of drug-likeness (QED) is 0.882. The molecule has 4 nitrogen and oxygen atoms in total. The lowest BCUT2D eigenvalue weighted by Gasteiger charge is -2.38. The second-order valence-corrected chi connectivity index (χ2v) is 5.53. The van der Waals surface area contributed by atoms with Crippen molar-refractivity contribution in [3.63, 3.8) is 0 Å². The largest absolute Gasteiger partial charge is 0.373 e. The van der Waals surface area contributed by atoms with Crippen molar-refractivity contribution in [2.75, 3.05) is 18.9 Å². The van der Waals surface area contributed by atoms with Crippen molar-refractivity contribution in [3.05, 3.63) is 22.8 Å². The number of rotatable bonds is 4. The van der Waals surface area contributed by atoms with Gasteiger partial charge >= 0.3 is 0 Å². The monoisotopic (exact) mass is 267 g/mol. The van der Waals surface area contributed by atoms with Crippen LogP contribution >= 0.6 is 11.6 Å². The molecule has 2 N–H and O–H groups in total. The molecule has 0 atom stereocenters. The Labute approximate surface area is 112 Å². The Bertz CT molecular complexity index is 458. The molecule has 1 aliphatic carbocycles. The Balaban J connectivity index is 2.03. The smallest absolute Gasteiger partial charge is 0.271 e. The first-order valence-electron chi connectivity index (χ1n) is 6.17. The van der Waals surface area contributed by atoms with Crippen LogP contribution < -0.4 is 10.6 Å². The highest BCUT2D eigenvalue weighted by Crippen LogP contribution is 2.39. The molecular weight excluding hydrogens is 250 g/mol. The molecule has 0 bridgehead atoms. The van der Waals surface area contributed by atoms with E-state index in [2.05, 4.69) is 22.5 Å². The first-order chi connectivity index (χ1) is 8.54. The molecule has 0 radical (unpaired) electrons. The van der Waals surface area contributed by atoms with E-state index in [4.69, 9.17) is 11.6 Å². The van der Waals surface area contributed by atoms with Crippen LogP contribution in [0, 0.1) is 5.41 Å². The van der Waals surface area contributed by atoms with Gasteiger partial charge in [-0.1, -0.05) is 24.9 Å². The maximum atomic E-state index is 12.0.